The predicted octanol–water partition coefficient (Wildman–Crippen LogP) is 0.460. The lowest BCUT2D eigenvalue weighted by Crippen LogP contribution is -2.49. The third-order valence-corrected chi connectivity index (χ3v) is 5.73. The number of rotatable bonds is 7. The molecule has 8 heteroatoms. The first-order chi connectivity index (χ1) is 9.87. The number of nitrogens with one attached hydrogen (secondary N) is 1. The highest BCUT2D eigenvalue weighted by Crippen LogP contribution is 2.33. The first-order valence-corrected chi connectivity index (χ1v) is 9.16. The number of hydrogen-bond donors (Lipinski definition) is 2. The molecule has 7 nitrogen and oxygen atoms in total. The number of sulfone groups is 1. The minimum Gasteiger partial charge on any atom is -0.480 e. The summed E-state index contributed by atoms with van der Waals surface area (Å²) in [5.74, 6) is -0.470. The summed E-state index contributed by atoms with van der Waals surface area (Å²) in [5, 5.41) is 11.6. The van der Waals surface area contributed by atoms with Crippen LogP contribution in [0.25, 0.3) is 0 Å². The van der Waals surface area contributed by atoms with Gasteiger partial charge < -0.3 is 15.3 Å². The van der Waals surface area contributed by atoms with Crippen LogP contribution in [-0.2, 0) is 14.6 Å². The average molecular weight is 318 g/mol. The van der Waals surface area contributed by atoms with Crippen molar-refractivity contribution < 1.29 is 23.1 Å². The third-order valence-electron chi connectivity index (χ3n) is 3.98. The lowest BCUT2D eigenvalue weighted by atomic mass is 10.2. The van der Waals surface area contributed by atoms with Gasteiger partial charge in [0, 0.05) is 12.6 Å². The second kappa shape index (κ2) is 6.64. The highest BCUT2D eigenvalue weighted by molar-refractivity contribution is 7.91. The number of nitrogens with zero attached hydrogens (tertiary/aromatic N) is 1. The van der Waals surface area contributed by atoms with Gasteiger partial charge in [-0.15, -0.1) is 0 Å². The fraction of sp³-hybridized carbons (Fsp3) is 0.846. The van der Waals surface area contributed by atoms with Gasteiger partial charge >= 0.3 is 12.0 Å². The van der Waals surface area contributed by atoms with Crippen LogP contribution in [0.2, 0.25) is 0 Å². The maximum absolute atomic E-state index is 12.1. The van der Waals surface area contributed by atoms with Gasteiger partial charge in [-0.1, -0.05) is 12.8 Å². The van der Waals surface area contributed by atoms with E-state index in [9.17, 15) is 18.0 Å². The first kappa shape index (κ1) is 16.1. The van der Waals surface area contributed by atoms with Crippen molar-refractivity contribution in [3.05, 3.63) is 0 Å². The van der Waals surface area contributed by atoms with Gasteiger partial charge in [-0.3, -0.25) is 4.79 Å². The van der Waals surface area contributed by atoms with Gasteiger partial charge in [0.2, 0.25) is 0 Å². The number of carbonyl (C=O) groups excluding carboxylic acids is 1. The average Bonchev–Trinajstić information content (AvgIpc) is 3.14. The van der Waals surface area contributed by atoms with Crippen molar-refractivity contribution in [3.8, 4) is 0 Å². The maximum atomic E-state index is 12.1. The minimum absolute atomic E-state index is 0.0166. The molecule has 120 valence electrons. The molecular formula is C13H22N2O5S. The lowest BCUT2D eigenvalue weighted by molar-refractivity contribution is -0.138. The molecule has 1 heterocycles. The number of carbonyl (C=O) groups is 2. The van der Waals surface area contributed by atoms with Crippen LogP contribution in [0.1, 0.15) is 32.1 Å². The summed E-state index contributed by atoms with van der Waals surface area (Å²) in [6, 6.07) is -1.01. The zero-order valence-electron chi connectivity index (χ0n) is 12.0. The molecule has 1 saturated carbocycles. The Morgan fingerprint density at radius 1 is 1.24 bits per heavy atom. The number of carboxylic acids is 1. The van der Waals surface area contributed by atoms with Crippen LogP contribution in [0.4, 0.5) is 4.79 Å². The Morgan fingerprint density at radius 2 is 1.95 bits per heavy atom. The van der Waals surface area contributed by atoms with Crippen LogP contribution in [0, 0.1) is 5.92 Å². The monoisotopic (exact) mass is 318 g/mol. The van der Waals surface area contributed by atoms with E-state index in [0.717, 1.165) is 23.7 Å². The largest absolute Gasteiger partial charge is 0.480 e. The summed E-state index contributed by atoms with van der Waals surface area (Å²) in [5.41, 5.74) is 0. The number of carboxylic acid groups (broad SMARTS) is 1. The normalized spacial score (nSPS) is 23.7. The van der Waals surface area contributed by atoms with E-state index in [0.29, 0.717) is 13.0 Å². The zero-order valence-corrected chi connectivity index (χ0v) is 12.8. The van der Waals surface area contributed by atoms with Gasteiger partial charge in [0.1, 0.15) is 6.54 Å². The van der Waals surface area contributed by atoms with Crippen LogP contribution >= 0.6 is 0 Å². The van der Waals surface area contributed by atoms with E-state index in [2.05, 4.69) is 5.32 Å². The summed E-state index contributed by atoms with van der Waals surface area (Å²) < 4.78 is 23.0. The summed E-state index contributed by atoms with van der Waals surface area (Å²) in [6.45, 7) is 0.0412. The molecule has 1 aliphatic carbocycles. The van der Waals surface area contributed by atoms with Gasteiger partial charge in [0.05, 0.1) is 11.5 Å². The molecule has 21 heavy (non-hydrogen) atoms. The fourth-order valence-corrected chi connectivity index (χ4v) is 4.36. The molecule has 2 amide bonds. The number of hydrogen-bond acceptors (Lipinski definition) is 4. The predicted molar refractivity (Wildman–Crippen MR) is 76.8 cm³/mol. The molecule has 0 aromatic rings. The summed E-state index contributed by atoms with van der Waals surface area (Å²) >= 11 is 0. The Labute approximate surface area is 124 Å². The van der Waals surface area contributed by atoms with Crippen LogP contribution in [-0.4, -0.2) is 61.1 Å². The molecule has 0 spiro atoms. The molecular weight excluding hydrogens is 296 g/mol. The molecule has 2 rings (SSSR count). The smallest absolute Gasteiger partial charge is 0.323 e. The van der Waals surface area contributed by atoms with Crippen LogP contribution in [0.15, 0.2) is 0 Å². The molecule has 1 aliphatic heterocycles. The minimum atomic E-state index is -3.15. The number of aliphatic carboxylic acids is 1. The van der Waals surface area contributed by atoms with E-state index >= 15 is 0 Å². The molecule has 0 aromatic carbocycles. The summed E-state index contributed by atoms with van der Waals surface area (Å²) in [6.07, 6.45) is 4.79. The first-order valence-electron chi connectivity index (χ1n) is 7.34. The summed E-state index contributed by atoms with van der Waals surface area (Å²) in [7, 11) is -3.15. The molecule has 2 aliphatic rings. The molecule has 2 fully saturated rings. The SMILES string of the molecule is O=C(O)CN(C(=O)NCCCC1CC1)C1CCS(=O)(=O)C1. The van der Waals surface area contributed by atoms with Crippen molar-refractivity contribution >= 4 is 21.8 Å². The highest BCUT2D eigenvalue weighted by atomic mass is 32.2. The Balaban J connectivity index is 1.84. The van der Waals surface area contributed by atoms with E-state index in [4.69, 9.17) is 5.11 Å². The van der Waals surface area contributed by atoms with Crippen molar-refractivity contribution in [2.75, 3.05) is 24.6 Å². The third kappa shape index (κ3) is 5.18. The molecule has 1 saturated heterocycles. The highest BCUT2D eigenvalue weighted by Gasteiger charge is 2.35. The van der Waals surface area contributed by atoms with E-state index in [1.165, 1.54) is 12.8 Å². The van der Waals surface area contributed by atoms with Crippen LogP contribution in [0.3, 0.4) is 0 Å². The van der Waals surface area contributed by atoms with Gasteiger partial charge in [-0.2, -0.15) is 0 Å². The van der Waals surface area contributed by atoms with Gasteiger partial charge in [0.15, 0.2) is 9.84 Å². The molecule has 0 radical (unpaired) electrons. The molecule has 1 atom stereocenters. The number of amides is 2. The van der Waals surface area contributed by atoms with Gasteiger partial charge in [0.25, 0.3) is 0 Å². The molecule has 2 N–H and O–H groups in total. The quantitative estimate of drug-likeness (QED) is 0.664. The van der Waals surface area contributed by atoms with Crippen molar-refractivity contribution in [3.63, 3.8) is 0 Å². The standard InChI is InChI=1S/C13H22N2O5S/c16-12(17)8-15(11-5-7-21(19,20)9-11)13(18)14-6-1-2-10-3-4-10/h10-11H,1-9H2,(H,14,18)(H,16,17). The Hall–Kier alpha value is -1.31. The molecule has 0 aromatic heterocycles. The van der Waals surface area contributed by atoms with E-state index in [1.54, 1.807) is 0 Å². The van der Waals surface area contributed by atoms with E-state index in [-0.39, 0.29) is 11.5 Å². The molecule has 0 bridgehead atoms. The van der Waals surface area contributed by atoms with Gasteiger partial charge in [-0.25, -0.2) is 13.2 Å². The molecule has 1 unspecified atom stereocenters. The van der Waals surface area contributed by atoms with Crippen molar-refractivity contribution in [2.24, 2.45) is 5.92 Å². The Bertz CT molecular complexity index is 501. The van der Waals surface area contributed by atoms with Crippen LogP contribution in [0.5, 0.6) is 0 Å². The zero-order chi connectivity index (χ0) is 15.5. The van der Waals surface area contributed by atoms with Crippen molar-refractivity contribution in [2.45, 2.75) is 38.1 Å². The number of urea groups is 1. The maximum Gasteiger partial charge on any atom is 0.323 e. The second-order valence-electron chi connectivity index (χ2n) is 5.90. The summed E-state index contributed by atoms with van der Waals surface area (Å²) in [4.78, 5) is 24.1. The van der Waals surface area contributed by atoms with Crippen molar-refractivity contribution in [1.82, 2.24) is 10.2 Å². The van der Waals surface area contributed by atoms with E-state index < -0.39 is 34.4 Å². The van der Waals surface area contributed by atoms with Gasteiger partial charge in [-0.05, 0) is 25.2 Å². The Morgan fingerprint density at radius 3 is 2.48 bits per heavy atom. The van der Waals surface area contributed by atoms with Crippen LogP contribution < -0.4 is 5.32 Å². The lowest BCUT2D eigenvalue weighted by Gasteiger charge is -2.26. The van der Waals surface area contributed by atoms with Crippen molar-refractivity contribution in [1.29, 1.82) is 0 Å². The fourth-order valence-electron chi connectivity index (χ4n) is 2.63. The Kier molecular flexibility index (Phi) is 5.08. The second-order valence-corrected chi connectivity index (χ2v) is 8.12. The van der Waals surface area contributed by atoms with E-state index in [1.807, 2.05) is 0 Å². The topological polar surface area (TPSA) is 104 Å².